The van der Waals surface area contributed by atoms with Crippen LogP contribution in [0.15, 0.2) is 82.2 Å². The molecule has 2 N–H and O–H groups in total. The van der Waals surface area contributed by atoms with Crippen molar-refractivity contribution >= 4 is 34.8 Å². The van der Waals surface area contributed by atoms with E-state index in [9.17, 15) is 9.90 Å². The van der Waals surface area contributed by atoms with Crippen LogP contribution in [0, 0.1) is 6.92 Å². The fraction of sp³-hybridized carbons (Fsp3) is 0.0800. The number of fused-ring (bicyclic) bond motifs is 1. The summed E-state index contributed by atoms with van der Waals surface area (Å²) in [6.07, 6.45) is 1.68. The number of rotatable bonds is 4. The number of aryl methyl sites for hydroxylation is 1. The molecule has 33 heavy (non-hydrogen) atoms. The second-order valence-corrected chi connectivity index (χ2v) is 8.34. The summed E-state index contributed by atoms with van der Waals surface area (Å²) >= 11 is 1.47. The first-order valence-electron chi connectivity index (χ1n) is 10.3. The maximum absolute atomic E-state index is 11.8. The number of amides is 1. The van der Waals surface area contributed by atoms with Gasteiger partial charge in [0.15, 0.2) is 6.61 Å². The predicted molar refractivity (Wildman–Crippen MR) is 129 cm³/mol. The summed E-state index contributed by atoms with van der Waals surface area (Å²) in [6.45, 7) is 2.03. The Morgan fingerprint density at radius 3 is 2.85 bits per heavy atom. The molecule has 0 spiro atoms. The van der Waals surface area contributed by atoms with E-state index in [4.69, 9.17) is 9.73 Å². The molecule has 1 aliphatic heterocycles. The molecule has 0 saturated carbocycles. The molecule has 1 aliphatic rings. The number of para-hydroxylation sites is 1. The zero-order valence-corrected chi connectivity index (χ0v) is 18.5. The molecular weight excluding hydrogens is 436 g/mol. The minimum absolute atomic E-state index is 0.0124. The quantitative estimate of drug-likeness (QED) is 0.437. The third kappa shape index (κ3) is 4.42. The molecule has 0 saturated heterocycles. The molecule has 3 aromatic carbocycles. The molecule has 0 fully saturated rings. The van der Waals surface area contributed by atoms with Gasteiger partial charge < -0.3 is 15.2 Å². The first kappa shape index (κ1) is 20.7. The Hall–Kier alpha value is -4.17. The van der Waals surface area contributed by atoms with E-state index in [1.54, 1.807) is 29.1 Å². The average molecular weight is 457 g/mol. The normalized spacial score (nSPS) is 13.6. The summed E-state index contributed by atoms with van der Waals surface area (Å²) in [5, 5.41) is 19.3. The van der Waals surface area contributed by atoms with Gasteiger partial charge in [-0.3, -0.25) is 4.79 Å². The van der Waals surface area contributed by atoms with Gasteiger partial charge in [0.25, 0.3) is 5.91 Å². The van der Waals surface area contributed by atoms with Crippen LogP contribution < -0.4 is 14.9 Å². The fourth-order valence-electron chi connectivity index (χ4n) is 3.45. The summed E-state index contributed by atoms with van der Waals surface area (Å²) in [6, 6.07) is 20.4. The van der Waals surface area contributed by atoms with E-state index in [-0.39, 0.29) is 18.3 Å². The van der Waals surface area contributed by atoms with E-state index in [2.05, 4.69) is 10.4 Å². The van der Waals surface area contributed by atoms with Gasteiger partial charge in [0, 0.05) is 10.9 Å². The molecule has 7 nitrogen and oxygen atoms in total. The average Bonchev–Trinajstić information content (AvgIpc) is 3.21. The third-order valence-corrected chi connectivity index (χ3v) is 5.93. The highest BCUT2D eigenvalue weighted by molar-refractivity contribution is 7.07. The van der Waals surface area contributed by atoms with Crippen molar-refractivity contribution in [1.82, 2.24) is 4.68 Å². The number of carbonyl (C=O) groups excluding carboxylic acids is 1. The molecule has 0 atom stereocenters. The van der Waals surface area contributed by atoms with Gasteiger partial charge in [-0.2, -0.15) is 5.10 Å². The maximum atomic E-state index is 11.8. The van der Waals surface area contributed by atoms with Crippen molar-refractivity contribution in [2.75, 3.05) is 11.9 Å². The summed E-state index contributed by atoms with van der Waals surface area (Å²) < 4.78 is 7.24. The van der Waals surface area contributed by atoms with E-state index in [0.29, 0.717) is 16.2 Å². The SMILES string of the molecule is Cc1ccccc1N=c1scc(-c2ccc3c(c2)NC(=O)CO3)n1/N=C/c1cccc(O)c1. The number of nitrogens with one attached hydrogen (secondary N) is 1. The van der Waals surface area contributed by atoms with E-state index in [0.717, 1.165) is 28.1 Å². The number of phenolic OH excluding ortho intramolecular Hbond substituents is 1. The smallest absolute Gasteiger partial charge is 0.262 e. The Bertz CT molecular complexity index is 1450. The highest BCUT2D eigenvalue weighted by atomic mass is 32.1. The number of thiazole rings is 1. The van der Waals surface area contributed by atoms with Crippen LogP contribution in [0.1, 0.15) is 11.1 Å². The molecule has 4 aromatic rings. The van der Waals surface area contributed by atoms with Crippen LogP contribution >= 0.6 is 11.3 Å². The van der Waals surface area contributed by atoms with Crippen LogP contribution in [0.2, 0.25) is 0 Å². The molecule has 1 aromatic heterocycles. The fourth-order valence-corrected chi connectivity index (χ4v) is 4.30. The lowest BCUT2D eigenvalue weighted by molar-refractivity contribution is -0.118. The van der Waals surface area contributed by atoms with Crippen molar-refractivity contribution in [2.24, 2.45) is 10.1 Å². The Balaban J connectivity index is 1.64. The Kier molecular flexibility index (Phi) is 5.50. The molecule has 8 heteroatoms. The van der Waals surface area contributed by atoms with Gasteiger partial charge in [-0.05, 0) is 54.4 Å². The zero-order chi connectivity index (χ0) is 22.8. The standard InChI is InChI=1S/C25H20N4O3S/c1-16-5-2-3-8-20(16)28-25-29(26-13-17-6-4-7-19(30)11-17)22(15-33-25)18-9-10-23-21(12-18)27-24(31)14-32-23/h2-13,15,30H,14H2,1H3,(H,27,31)/b26-13+,28-25?. The summed E-state index contributed by atoms with van der Waals surface area (Å²) in [5.41, 5.74) is 4.97. The molecule has 2 heterocycles. The van der Waals surface area contributed by atoms with Crippen molar-refractivity contribution in [1.29, 1.82) is 0 Å². The van der Waals surface area contributed by atoms with Gasteiger partial charge in [-0.1, -0.05) is 30.3 Å². The number of hydrogen-bond donors (Lipinski definition) is 2. The number of aromatic nitrogens is 1. The lowest BCUT2D eigenvalue weighted by Gasteiger charge is -2.18. The van der Waals surface area contributed by atoms with Crippen molar-refractivity contribution in [3.63, 3.8) is 0 Å². The van der Waals surface area contributed by atoms with Crippen LogP contribution in [0.5, 0.6) is 11.5 Å². The summed E-state index contributed by atoms with van der Waals surface area (Å²) in [7, 11) is 0. The number of anilines is 1. The van der Waals surface area contributed by atoms with Crippen LogP contribution in [-0.4, -0.2) is 28.5 Å². The molecule has 0 bridgehead atoms. The van der Waals surface area contributed by atoms with Crippen molar-refractivity contribution in [3.8, 4) is 22.8 Å². The number of carbonyl (C=O) groups is 1. The molecule has 0 unspecified atom stereocenters. The molecule has 0 radical (unpaired) electrons. The molecule has 164 valence electrons. The Morgan fingerprint density at radius 1 is 1.12 bits per heavy atom. The van der Waals surface area contributed by atoms with Crippen molar-refractivity contribution in [2.45, 2.75) is 6.92 Å². The lowest BCUT2D eigenvalue weighted by atomic mass is 10.1. The van der Waals surface area contributed by atoms with E-state index in [1.807, 2.05) is 60.8 Å². The summed E-state index contributed by atoms with van der Waals surface area (Å²) in [4.78, 5) is 17.3. The van der Waals surface area contributed by atoms with E-state index in [1.165, 1.54) is 11.3 Å². The number of nitrogens with zero attached hydrogens (tertiary/aromatic N) is 3. The monoisotopic (exact) mass is 456 g/mol. The number of ether oxygens (including phenoxy) is 1. The molecule has 0 aliphatic carbocycles. The highest BCUT2D eigenvalue weighted by Gasteiger charge is 2.18. The maximum Gasteiger partial charge on any atom is 0.262 e. The van der Waals surface area contributed by atoms with Gasteiger partial charge >= 0.3 is 0 Å². The van der Waals surface area contributed by atoms with Crippen LogP contribution in [-0.2, 0) is 4.79 Å². The van der Waals surface area contributed by atoms with Crippen LogP contribution in [0.3, 0.4) is 0 Å². The van der Waals surface area contributed by atoms with E-state index >= 15 is 0 Å². The van der Waals surface area contributed by atoms with Crippen LogP contribution in [0.25, 0.3) is 11.3 Å². The van der Waals surface area contributed by atoms with Gasteiger partial charge in [-0.15, -0.1) is 11.3 Å². The lowest BCUT2D eigenvalue weighted by Crippen LogP contribution is -2.25. The Morgan fingerprint density at radius 2 is 2.00 bits per heavy atom. The summed E-state index contributed by atoms with van der Waals surface area (Å²) in [5.74, 6) is 0.618. The second kappa shape index (κ2) is 8.76. The number of phenols is 1. The highest BCUT2D eigenvalue weighted by Crippen LogP contribution is 2.33. The minimum atomic E-state index is -0.185. The molecule has 1 amide bonds. The molecule has 5 rings (SSSR count). The van der Waals surface area contributed by atoms with Gasteiger partial charge in [-0.25, -0.2) is 9.67 Å². The van der Waals surface area contributed by atoms with Gasteiger partial charge in [0.05, 0.1) is 23.3 Å². The Labute approximate surface area is 194 Å². The first-order valence-corrected chi connectivity index (χ1v) is 11.2. The minimum Gasteiger partial charge on any atom is -0.508 e. The largest absolute Gasteiger partial charge is 0.508 e. The van der Waals surface area contributed by atoms with Crippen LogP contribution in [0.4, 0.5) is 11.4 Å². The van der Waals surface area contributed by atoms with E-state index < -0.39 is 0 Å². The second-order valence-electron chi connectivity index (χ2n) is 7.50. The van der Waals surface area contributed by atoms with Crippen molar-refractivity contribution in [3.05, 3.63) is 88.0 Å². The van der Waals surface area contributed by atoms with Crippen molar-refractivity contribution < 1.29 is 14.6 Å². The predicted octanol–water partition coefficient (Wildman–Crippen LogP) is 4.68. The number of aromatic hydroxyl groups is 1. The first-order chi connectivity index (χ1) is 16.1. The zero-order valence-electron chi connectivity index (χ0n) is 17.7. The molecular formula is C25H20N4O3S. The van der Waals surface area contributed by atoms with Gasteiger partial charge in [0.1, 0.15) is 11.5 Å². The number of hydrogen-bond acceptors (Lipinski definition) is 6. The topological polar surface area (TPSA) is 88.2 Å². The number of benzene rings is 3. The third-order valence-electron chi connectivity index (χ3n) is 5.12. The van der Waals surface area contributed by atoms with Gasteiger partial charge in [0.2, 0.25) is 4.80 Å².